The topological polar surface area (TPSA) is 186 Å². The number of carbonyl (C=O) groups is 4. The molecule has 8 rings (SSSR count). The number of amides is 4. The largest absolute Gasteiger partial charge is 0.493 e. The molecule has 0 bridgehead atoms. The average molecular weight is 830 g/mol. The summed E-state index contributed by atoms with van der Waals surface area (Å²) in [6.45, 7) is 5.88. The Morgan fingerprint density at radius 2 is 1.33 bits per heavy atom. The number of benzene rings is 3. The van der Waals surface area contributed by atoms with Crippen LogP contribution in [0.25, 0.3) is 5.57 Å². The fraction of sp³-hybridized carbons (Fsp3) is 0.391. The van der Waals surface area contributed by atoms with Gasteiger partial charge in [-0.15, -0.1) is 0 Å². The van der Waals surface area contributed by atoms with E-state index in [1.165, 1.54) is 25.5 Å². The minimum atomic E-state index is -0.771. The van der Waals surface area contributed by atoms with E-state index in [2.05, 4.69) is 15.6 Å². The van der Waals surface area contributed by atoms with Gasteiger partial charge in [-0.1, -0.05) is 26.0 Å². The average Bonchev–Trinajstić information content (AvgIpc) is 3.94. The van der Waals surface area contributed by atoms with Gasteiger partial charge in [-0.2, -0.15) is 0 Å². The molecule has 318 valence electrons. The first-order valence-electron chi connectivity index (χ1n) is 20.7. The highest BCUT2D eigenvalue weighted by atomic mass is 16.5. The summed E-state index contributed by atoms with van der Waals surface area (Å²) in [6, 6.07) is 12.3. The van der Waals surface area contributed by atoms with Crippen LogP contribution < -0.4 is 35.3 Å². The van der Waals surface area contributed by atoms with Gasteiger partial charge in [-0.3, -0.25) is 29.2 Å². The van der Waals surface area contributed by atoms with Crippen molar-refractivity contribution in [3.63, 3.8) is 0 Å². The van der Waals surface area contributed by atoms with Crippen molar-refractivity contribution in [2.75, 3.05) is 32.8 Å². The number of nitrogens with two attached hydrogens (primary N) is 1. The van der Waals surface area contributed by atoms with Gasteiger partial charge >= 0.3 is 0 Å². The summed E-state index contributed by atoms with van der Waals surface area (Å²) < 4.78 is 23.5. The molecule has 4 unspecified atom stereocenters. The van der Waals surface area contributed by atoms with Gasteiger partial charge in [-0.05, 0) is 79.0 Å². The van der Waals surface area contributed by atoms with E-state index < -0.39 is 12.1 Å². The molecule has 4 heterocycles. The number of anilines is 1. The predicted molar refractivity (Wildman–Crippen MR) is 231 cm³/mol. The second-order valence-electron chi connectivity index (χ2n) is 16.3. The maximum atomic E-state index is 13.9. The monoisotopic (exact) mass is 829 g/mol. The summed E-state index contributed by atoms with van der Waals surface area (Å²) in [4.78, 5) is 65.4. The first-order valence-corrected chi connectivity index (χ1v) is 20.7. The summed E-state index contributed by atoms with van der Waals surface area (Å²) in [7, 11) is 3.07. The fourth-order valence-corrected chi connectivity index (χ4v) is 7.82. The molecular weight excluding hydrogens is 779 g/mol. The lowest BCUT2D eigenvalue weighted by Gasteiger charge is -2.19. The summed E-state index contributed by atoms with van der Waals surface area (Å²) in [6.07, 6.45) is 11.7. The number of ether oxygens (including phenoxy) is 4. The number of carbonyl (C=O) groups excluding carboxylic acids is 4. The molecule has 4 amide bonds. The lowest BCUT2D eigenvalue weighted by molar-refractivity contribution is -0.127. The van der Waals surface area contributed by atoms with E-state index in [0.29, 0.717) is 76.6 Å². The van der Waals surface area contributed by atoms with Crippen molar-refractivity contribution in [3.05, 3.63) is 83.2 Å². The zero-order valence-electron chi connectivity index (χ0n) is 35.0. The number of methoxy groups -OCH3 is 2. The number of hydrogen-bond donors (Lipinski definition) is 3. The Kier molecular flexibility index (Phi) is 11.7. The second kappa shape index (κ2) is 17.2. The molecule has 0 saturated heterocycles. The maximum Gasteiger partial charge on any atom is 0.260 e. The Labute approximate surface area is 354 Å². The zero-order valence-corrected chi connectivity index (χ0v) is 35.0. The van der Waals surface area contributed by atoms with Crippen molar-refractivity contribution in [3.8, 4) is 23.0 Å². The molecule has 61 heavy (non-hydrogen) atoms. The van der Waals surface area contributed by atoms with Gasteiger partial charge in [0.25, 0.3) is 11.8 Å². The Balaban J connectivity index is 0.865. The number of nitrogens with zero attached hydrogens (tertiary/aromatic N) is 4. The SMILES string of the molecule is COc1cc2c(cc1OCCCOc1cc3c(cc1OC)C(=O)N1C=C(C4CC4)CC1C=N3)N=CC1CC(c3ccc(NC(=O)C(C)NC(=O)C(N)C(C)C)cc3)=CN1C2=O. The van der Waals surface area contributed by atoms with E-state index in [9.17, 15) is 19.2 Å². The van der Waals surface area contributed by atoms with E-state index in [1.54, 1.807) is 66.4 Å². The lowest BCUT2D eigenvalue weighted by atomic mass is 10.0. The smallest absolute Gasteiger partial charge is 0.260 e. The number of nitrogens with one attached hydrogen (secondary N) is 2. The molecule has 1 aliphatic carbocycles. The van der Waals surface area contributed by atoms with E-state index in [1.807, 2.05) is 44.6 Å². The van der Waals surface area contributed by atoms with Crippen LogP contribution in [0.15, 0.2) is 76.5 Å². The van der Waals surface area contributed by atoms with Crippen molar-refractivity contribution >= 4 is 58.7 Å². The van der Waals surface area contributed by atoms with E-state index in [-0.39, 0.29) is 48.2 Å². The van der Waals surface area contributed by atoms with Crippen LogP contribution in [-0.2, 0) is 9.59 Å². The molecule has 5 aliphatic rings. The van der Waals surface area contributed by atoms with Gasteiger partial charge < -0.3 is 45.1 Å². The van der Waals surface area contributed by atoms with Gasteiger partial charge in [0.2, 0.25) is 11.8 Å². The molecule has 3 aromatic rings. The third-order valence-electron chi connectivity index (χ3n) is 11.7. The lowest BCUT2D eigenvalue weighted by Crippen LogP contribution is -2.50. The molecule has 4 aliphatic heterocycles. The van der Waals surface area contributed by atoms with E-state index in [4.69, 9.17) is 29.7 Å². The molecular formula is C46H51N7O8. The Morgan fingerprint density at radius 3 is 1.87 bits per heavy atom. The van der Waals surface area contributed by atoms with Crippen molar-refractivity contribution in [2.45, 2.75) is 77.0 Å². The molecule has 3 aromatic carbocycles. The third-order valence-corrected chi connectivity index (χ3v) is 11.7. The minimum absolute atomic E-state index is 0.0553. The van der Waals surface area contributed by atoms with Gasteiger partial charge in [0, 0.05) is 55.5 Å². The highest BCUT2D eigenvalue weighted by Crippen LogP contribution is 2.45. The minimum Gasteiger partial charge on any atom is -0.493 e. The number of hydrogen-bond acceptors (Lipinski definition) is 11. The van der Waals surface area contributed by atoms with Gasteiger partial charge in [-0.25, -0.2) is 0 Å². The van der Waals surface area contributed by atoms with Crippen LogP contribution in [-0.4, -0.2) is 97.5 Å². The molecule has 4 atom stereocenters. The van der Waals surface area contributed by atoms with Crippen molar-refractivity contribution in [1.82, 2.24) is 15.1 Å². The van der Waals surface area contributed by atoms with Crippen LogP contribution in [0.2, 0.25) is 0 Å². The number of rotatable bonds is 15. The molecule has 4 N–H and O–H groups in total. The highest BCUT2D eigenvalue weighted by molar-refractivity contribution is 6.06. The van der Waals surface area contributed by atoms with Gasteiger partial charge in [0.1, 0.15) is 6.04 Å². The van der Waals surface area contributed by atoms with Crippen molar-refractivity contribution in [1.29, 1.82) is 0 Å². The maximum absolute atomic E-state index is 13.9. The van der Waals surface area contributed by atoms with Crippen LogP contribution in [0, 0.1) is 11.8 Å². The fourth-order valence-electron chi connectivity index (χ4n) is 7.82. The van der Waals surface area contributed by atoms with E-state index in [0.717, 1.165) is 17.6 Å². The molecule has 15 heteroatoms. The molecule has 0 radical (unpaired) electrons. The summed E-state index contributed by atoms with van der Waals surface area (Å²) in [5, 5.41) is 5.49. The quantitative estimate of drug-likeness (QED) is 0.151. The summed E-state index contributed by atoms with van der Waals surface area (Å²) >= 11 is 0. The second-order valence-corrected chi connectivity index (χ2v) is 16.3. The standard InChI is InChI=1S/C46H51N7O8/c1-25(2)42(47)44(55)50-26(3)43(54)51-31-11-9-28(10-12-31)30-16-33-22-49-37-20-41(39(59-5)18-35(37)46(57)53(33)24-30)61-14-6-13-60-40-19-36-34(17-38(40)58-4)45(56)52-23-29(27-7-8-27)15-32(52)21-48-36/h9-12,17-27,32-33,42H,6-8,13-16,47H2,1-5H3,(H,50,55)(H,51,54). The Morgan fingerprint density at radius 1 is 0.770 bits per heavy atom. The highest BCUT2D eigenvalue weighted by Gasteiger charge is 2.38. The Bertz CT molecular complexity index is 2370. The molecule has 0 aromatic heterocycles. The van der Waals surface area contributed by atoms with Crippen LogP contribution in [0.4, 0.5) is 17.1 Å². The number of aliphatic imine (C=N–C) groups is 2. The van der Waals surface area contributed by atoms with Crippen molar-refractivity contribution in [2.24, 2.45) is 27.6 Å². The summed E-state index contributed by atoms with van der Waals surface area (Å²) in [5.41, 5.74) is 11.5. The van der Waals surface area contributed by atoms with Gasteiger partial charge in [0.05, 0.1) is 68.1 Å². The first-order chi connectivity index (χ1) is 29.4. The molecule has 15 nitrogen and oxygen atoms in total. The predicted octanol–water partition coefficient (Wildman–Crippen LogP) is 6.17. The van der Waals surface area contributed by atoms with Crippen molar-refractivity contribution < 1.29 is 38.1 Å². The van der Waals surface area contributed by atoms with Crippen LogP contribution in [0.5, 0.6) is 23.0 Å². The van der Waals surface area contributed by atoms with Crippen LogP contribution >= 0.6 is 0 Å². The first kappa shape index (κ1) is 41.3. The normalized spacial score (nSPS) is 19.7. The third kappa shape index (κ3) is 8.60. The van der Waals surface area contributed by atoms with Crippen LogP contribution in [0.3, 0.4) is 0 Å². The number of fused-ring (bicyclic) bond motifs is 4. The zero-order chi connectivity index (χ0) is 42.9. The molecule has 1 saturated carbocycles. The Hall–Kier alpha value is -6.48. The van der Waals surface area contributed by atoms with E-state index >= 15 is 0 Å². The molecule has 1 fully saturated rings. The molecule has 0 spiro atoms. The van der Waals surface area contributed by atoms with Gasteiger partial charge in [0.15, 0.2) is 23.0 Å². The van der Waals surface area contributed by atoms with Crippen LogP contribution in [0.1, 0.15) is 79.2 Å². The summed E-state index contributed by atoms with van der Waals surface area (Å²) in [5.74, 6) is 1.27.